The fourth-order valence-corrected chi connectivity index (χ4v) is 7.05. The highest BCUT2D eigenvalue weighted by atomic mass is 16.3. The predicted molar refractivity (Wildman–Crippen MR) is 201 cm³/mol. The van der Waals surface area contributed by atoms with Gasteiger partial charge < -0.3 is 4.42 Å². The zero-order valence-electron chi connectivity index (χ0n) is 26.3. The summed E-state index contributed by atoms with van der Waals surface area (Å²) in [4.78, 5) is 15.6. The summed E-state index contributed by atoms with van der Waals surface area (Å²) in [5, 5.41) is 8.76. The third-order valence-corrected chi connectivity index (χ3v) is 9.47. The van der Waals surface area contributed by atoms with Crippen LogP contribution < -0.4 is 0 Å². The van der Waals surface area contributed by atoms with Crippen LogP contribution in [0.15, 0.2) is 168 Å². The van der Waals surface area contributed by atoms with E-state index in [1.165, 1.54) is 10.8 Å². The summed E-state index contributed by atoms with van der Waals surface area (Å²) >= 11 is 0. The van der Waals surface area contributed by atoms with Crippen LogP contribution in [0.2, 0.25) is 0 Å². The highest BCUT2D eigenvalue weighted by molar-refractivity contribution is 6.20. The average molecular weight is 626 g/mol. The van der Waals surface area contributed by atoms with Gasteiger partial charge >= 0.3 is 0 Å². The number of benzene rings is 8. The SMILES string of the molecule is c1ccc(-c2ccc3c(c2)oc2cc4ccccc4c(-c4nc(-c5ccc6ccccc6c5)nc(-c5ccc6ccccc6c5)n4)c23)cc1. The maximum absolute atomic E-state index is 6.64. The van der Waals surface area contributed by atoms with Crippen molar-refractivity contribution in [3.8, 4) is 45.3 Å². The highest BCUT2D eigenvalue weighted by Gasteiger charge is 2.21. The minimum absolute atomic E-state index is 0.609. The molecule has 0 amide bonds. The Bertz CT molecular complexity index is 2790. The Morgan fingerprint density at radius 2 is 0.878 bits per heavy atom. The molecule has 2 aromatic heterocycles. The van der Waals surface area contributed by atoms with Crippen molar-refractivity contribution < 1.29 is 4.42 Å². The smallest absolute Gasteiger partial charge is 0.165 e. The molecule has 0 saturated heterocycles. The molecule has 0 saturated carbocycles. The average Bonchev–Trinajstić information content (AvgIpc) is 3.54. The van der Waals surface area contributed by atoms with Crippen LogP contribution in [0.1, 0.15) is 0 Å². The summed E-state index contributed by atoms with van der Waals surface area (Å²) in [5.74, 6) is 1.86. The minimum atomic E-state index is 0.609. The number of nitrogens with zero attached hydrogens (tertiary/aromatic N) is 3. The molecule has 0 unspecified atom stereocenters. The third kappa shape index (κ3) is 4.65. The van der Waals surface area contributed by atoms with Crippen LogP contribution in [0.3, 0.4) is 0 Å². The summed E-state index contributed by atoms with van der Waals surface area (Å²) in [6, 6.07) is 56.9. The molecule has 10 rings (SSSR count). The van der Waals surface area contributed by atoms with Gasteiger partial charge in [0.2, 0.25) is 0 Å². The molecule has 49 heavy (non-hydrogen) atoms. The Labute approximate surface area is 282 Å². The van der Waals surface area contributed by atoms with Gasteiger partial charge in [-0.1, -0.05) is 133 Å². The molecular weight excluding hydrogens is 599 g/mol. The van der Waals surface area contributed by atoms with E-state index in [1.54, 1.807) is 0 Å². The first-order chi connectivity index (χ1) is 24.2. The molecular formula is C45H27N3O. The quantitative estimate of drug-likeness (QED) is 0.195. The van der Waals surface area contributed by atoms with Crippen molar-refractivity contribution in [2.45, 2.75) is 0 Å². The Kier molecular flexibility index (Phi) is 6.15. The second-order valence-corrected chi connectivity index (χ2v) is 12.5. The lowest BCUT2D eigenvalue weighted by atomic mass is 9.96. The largest absolute Gasteiger partial charge is 0.456 e. The van der Waals surface area contributed by atoms with E-state index in [9.17, 15) is 0 Å². The molecule has 0 fully saturated rings. The molecule has 0 aliphatic rings. The zero-order valence-corrected chi connectivity index (χ0v) is 26.3. The van der Waals surface area contributed by atoms with Crippen LogP contribution in [0.5, 0.6) is 0 Å². The Morgan fingerprint density at radius 3 is 1.55 bits per heavy atom. The molecule has 2 heterocycles. The van der Waals surface area contributed by atoms with Crippen LogP contribution >= 0.6 is 0 Å². The standard InChI is InChI=1S/C45H27N3O/c1-2-10-28(11-3-1)33-22-23-38-39(26-33)49-40-27-34-16-8-9-17-37(34)42(41(38)40)45-47-43(35-20-18-29-12-4-6-14-31(29)24-35)46-44(48-45)36-21-19-30-13-5-7-15-32(30)25-36/h1-27H. The number of fused-ring (bicyclic) bond motifs is 6. The van der Waals surface area contributed by atoms with E-state index in [1.807, 2.05) is 6.07 Å². The van der Waals surface area contributed by atoms with Gasteiger partial charge in [-0.05, 0) is 73.8 Å². The van der Waals surface area contributed by atoms with Crippen molar-refractivity contribution in [1.29, 1.82) is 0 Å². The molecule has 0 bridgehead atoms. The van der Waals surface area contributed by atoms with Gasteiger partial charge in [0.15, 0.2) is 17.5 Å². The molecule has 0 N–H and O–H groups in total. The summed E-state index contributed by atoms with van der Waals surface area (Å²) in [5.41, 5.74) is 6.69. The van der Waals surface area contributed by atoms with Crippen LogP contribution in [-0.2, 0) is 0 Å². The second-order valence-electron chi connectivity index (χ2n) is 12.5. The molecule has 0 aliphatic heterocycles. The van der Waals surface area contributed by atoms with Crippen LogP contribution in [-0.4, -0.2) is 15.0 Å². The summed E-state index contributed by atoms with van der Waals surface area (Å²) in [7, 11) is 0. The normalized spacial score (nSPS) is 11.7. The van der Waals surface area contributed by atoms with Crippen molar-refractivity contribution in [3.05, 3.63) is 164 Å². The molecule has 0 spiro atoms. The highest BCUT2D eigenvalue weighted by Crippen LogP contribution is 2.42. The molecule has 4 heteroatoms. The number of furan rings is 1. The van der Waals surface area contributed by atoms with Gasteiger partial charge in [-0.25, -0.2) is 15.0 Å². The molecule has 228 valence electrons. The maximum Gasteiger partial charge on any atom is 0.165 e. The first-order valence-electron chi connectivity index (χ1n) is 16.4. The first kappa shape index (κ1) is 27.5. The van der Waals surface area contributed by atoms with E-state index >= 15 is 0 Å². The van der Waals surface area contributed by atoms with E-state index < -0.39 is 0 Å². The van der Waals surface area contributed by atoms with Crippen LogP contribution in [0.25, 0.3) is 99.5 Å². The fourth-order valence-electron chi connectivity index (χ4n) is 7.05. The van der Waals surface area contributed by atoms with Crippen molar-refractivity contribution in [1.82, 2.24) is 15.0 Å². The molecule has 0 aliphatic carbocycles. The number of aromatic nitrogens is 3. The van der Waals surface area contributed by atoms with Gasteiger partial charge in [-0.15, -0.1) is 0 Å². The van der Waals surface area contributed by atoms with E-state index in [2.05, 4.69) is 158 Å². The van der Waals surface area contributed by atoms with Crippen molar-refractivity contribution in [3.63, 3.8) is 0 Å². The second kappa shape index (κ2) is 11.0. The summed E-state index contributed by atoms with van der Waals surface area (Å²) in [6.07, 6.45) is 0. The third-order valence-electron chi connectivity index (χ3n) is 9.47. The molecule has 4 nitrogen and oxygen atoms in total. The van der Waals surface area contributed by atoms with Gasteiger partial charge in [0.1, 0.15) is 11.2 Å². The van der Waals surface area contributed by atoms with Gasteiger partial charge in [0.05, 0.1) is 0 Å². The van der Waals surface area contributed by atoms with E-state index in [0.29, 0.717) is 17.5 Å². The van der Waals surface area contributed by atoms with Crippen LogP contribution in [0.4, 0.5) is 0 Å². The predicted octanol–water partition coefficient (Wildman–Crippen LogP) is 11.9. The first-order valence-corrected chi connectivity index (χ1v) is 16.4. The van der Waals surface area contributed by atoms with Crippen LogP contribution in [0, 0.1) is 0 Å². The van der Waals surface area contributed by atoms with Crippen molar-refractivity contribution in [2.75, 3.05) is 0 Å². The molecule has 0 atom stereocenters. The van der Waals surface area contributed by atoms with E-state index in [4.69, 9.17) is 19.4 Å². The van der Waals surface area contributed by atoms with Gasteiger partial charge in [-0.2, -0.15) is 0 Å². The molecule has 8 aromatic carbocycles. The lowest BCUT2D eigenvalue weighted by Gasteiger charge is -2.12. The zero-order chi connectivity index (χ0) is 32.3. The maximum atomic E-state index is 6.64. The van der Waals surface area contributed by atoms with E-state index in [0.717, 1.165) is 71.3 Å². The lowest BCUT2D eigenvalue weighted by molar-refractivity contribution is 0.669. The molecule has 0 radical (unpaired) electrons. The summed E-state index contributed by atoms with van der Waals surface area (Å²) < 4.78 is 6.64. The Balaban J connectivity index is 1.27. The van der Waals surface area contributed by atoms with Gasteiger partial charge in [0.25, 0.3) is 0 Å². The van der Waals surface area contributed by atoms with Gasteiger partial charge in [-0.3, -0.25) is 0 Å². The monoisotopic (exact) mass is 625 g/mol. The summed E-state index contributed by atoms with van der Waals surface area (Å²) in [6.45, 7) is 0. The Hall–Kier alpha value is -6.65. The minimum Gasteiger partial charge on any atom is -0.456 e. The van der Waals surface area contributed by atoms with Crippen molar-refractivity contribution >= 4 is 54.3 Å². The topological polar surface area (TPSA) is 51.8 Å². The van der Waals surface area contributed by atoms with Crippen molar-refractivity contribution in [2.24, 2.45) is 0 Å². The molecule has 10 aromatic rings. The number of hydrogen-bond acceptors (Lipinski definition) is 4. The lowest BCUT2D eigenvalue weighted by Crippen LogP contribution is -2.01. The van der Waals surface area contributed by atoms with E-state index in [-0.39, 0.29) is 0 Å². The number of hydrogen-bond donors (Lipinski definition) is 0. The Morgan fingerprint density at radius 1 is 0.327 bits per heavy atom. The number of rotatable bonds is 4. The van der Waals surface area contributed by atoms with Gasteiger partial charge in [0, 0.05) is 27.5 Å². The fraction of sp³-hybridized carbons (Fsp3) is 0.